The fourth-order valence-corrected chi connectivity index (χ4v) is 1.45. The second kappa shape index (κ2) is 4.38. The molecule has 1 nitrogen and oxygen atoms in total. The fourth-order valence-electron chi connectivity index (χ4n) is 1.45. The molecule has 0 atom stereocenters. The average Bonchev–Trinajstić information content (AvgIpc) is 2.08. The molecule has 1 aromatic carbocycles. The Morgan fingerprint density at radius 1 is 1.38 bits per heavy atom. The number of nitrogens with one attached hydrogen (secondary N) is 1. The summed E-state index contributed by atoms with van der Waals surface area (Å²) in [7, 11) is 1.90. The molecule has 0 bridgehead atoms. The molecule has 0 saturated carbocycles. The first-order chi connectivity index (χ1) is 6.15. The number of benzene rings is 1. The molecule has 1 N–H and O–H groups in total. The average molecular weight is 181 g/mol. The Kier molecular flexibility index (Phi) is 3.43. The minimum atomic E-state index is -0.149. The van der Waals surface area contributed by atoms with Crippen molar-refractivity contribution in [1.82, 2.24) is 5.32 Å². The van der Waals surface area contributed by atoms with Crippen LogP contribution < -0.4 is 5.32 Å². The van der Waals surface area contributed by atoms with E-state index in [4.69, 9.17) is 0 Å². The summed E-state index contributed by atoms with van der Waals surface area (Å²) in [6, 6.07) is 4.98. The molecular formula is C11H16FN. The van der Waals surface area contributed by atoms with Crippen LogP contribution >= 0.6 is 0 Å². The van der Waals surface area contributed by atoms with Gasteiger partial charge >= 0.3 is 0 Å². The normalized spacial score (nSPS) is 10.8. The molecule has 0 aliphatic carbocycles. The van der Waals surface area contributed by atoms with Crippen molar-refractivity contribution in [2.45, 2.75) is 26.3 Å². The van der Waals surface area contributed by atoms with Crippen LogP contribution in [0.5, 0.6) is 0 Å². The Balaban J connectivity index is 3.03. The Hall–Kier alpha value is -0.890. The molecule has 13 heavy (non-hydrogen) atoms. The zero-order chi connectivity index (χ0) is 9.84. The highest BCUT2D eigenvalue weighted by molar-refractivity contribution is 5.30. The molecule has 0 radical (unpaired) electrons. The number of hydrogen-bond donors (Lipinski definition) is 1. The van der Waals surface area contributed by atoms with Crippen LogP contribution in [-0.4, -0.2) is 7.05 Å². The maximum atomic E-state index is 12.9. The molecule has 0 amide bonds. The van der Waals surface area contributed by atoms with Gasteiger partial charge in [0.1, 0.15) is 5.82 Å². The smallest absolute Gasteiger partial charge is 0.123 e. The molecule has 0 heterocycles. The third-order valence-corrected chi connectivity index (χ3v) is 2.10. The lowest BCUT2D eigenvalue weighted by atomic mass is 9.97. The first-order valence-electron chi connectivity index (χ1n) is 4.58. The standard InChI is InChI=1S/C11H16FN/c1-8(2)11-6-10(12)5-4-9(11)7-13-3/h4-6,8,13H,7H2,1-3H3. The molecular weight excluding hydrogens is 165 g/mol. The molecule has 1 rings (SSSR count). The van der Waals surface area contributed by atoms with Gasteiger partial charge in [0.05, 0.1) is 0 Å². The van der Waals surface area contributed by atoms with Crippen LogP contribution in [0.2, 0.25) is 0 Å². The fraction of sp³-hybridized carbons (Fsp3) is 0.455. The van der Waals surface area contributed by atoms with Gasteiger partial charge in [-0.2, -0.15) is 0 Å². The summed E-state index contributed by atoms with van der Waals surface area (Å²) in [4.78, 5) is 0. The lowest BCUT2D eigenvalue weighted by Crippen LogP contribution is -2.08. The zero-order valence-corrected chi connectivity index (χ0v) is 8.39. The first kappa shape index (κ1) is 10.2. The molecule has 1 aromatic rings. The van der Waals surface area contributed by atoms with Crippen molar-refractivity contribution in [3.05, 3.63) is 35.1 Å². The molecule has 0 saturated heterocycles. The molecule has 2 heteroatoms. The Morgan fingerprint density at radius 2 is 2.08 bits per heavy atom. The van der Waals surface area contributed by atoms with E-state index in [1.165, 1.54) is 11.6 Å². The van der Waals surface area contributed by atoms with Crippen LogP contribution in [0.25, 0.3) is 0 Å². The summed E-state index contributed by atoms with van der Waals surface area (Å²) in [5.74, 6) is 0.225. The van der Waals surface area contributed by atoms with Gasteiger partial charge in [-0.25, -0.2) is 4.39 Å². The van der Waals surface area contributed by atoms with Gasteiger partial charge in [0.2, 0.25) is 0 Å². The van der Waals surface area contributed by atoms with Gasteiger partial charge in [-0.1, -0.05) is 19.9 Å². The van der Waals surface area contributed by atoms with E-state index in [1.807, 2.05) is 13.1 Å². The van der Waals surface area contributed by atoms with Gasteiger partial charge in [-0.3, -0.25) is 0 Å². The predicted octanol–water partition coefficient (Wildman–Crippen LogP) is 2.67. The van der Waals surface area contributed by atoms with Crippen molar-refractivity contribution in [3.8, 4) is 0 Å². The summed E-state index contributed by atoms with van der Waals surface area (Å²) in [5, 5.41) is 3.08. The van der Waals surface area contributed by atoms with Crippen molar-refractivity contribution >= 4 is 0 Å². The van der Waals surface area contributed by atoms with E-state index in [9.17, 15) is 4.39 Å². The molecule has 72 valence electrons. The van der Waals surface area contributed by atoms with Crippen molar-refractivity contribution in [2.75, 3.05) is 7.05 Å². The van der Waals surface area contributed by atoms with E-state index in [1.54, 1.807) is 6.07 Å². The van der Waals surface area contributed by atoms with Gasteiger partial charge in [-0.15, -0.1) is 0 Å². The van der Waals surface area contributed by atoms with E-state index in [2.05, 4.69) is 19.2 Å². The monoisotopic (exact) mass is 181 g/mol. The van der Waals surface area contributed by atoms with Crippen LogP contribution in [0.4, 0.5) is 4.39 Å². The molecule has 0 fully saturated rings. The highest BCUT2D eigenvalue weighted by atomic mass is 19.1. The predicted molar refractivity (Wildman–Crippen MR) is 53.3 cm³/mol. The van der Waals surface area contributed by atoms with Crippen molar-refractivity contribution in [3.63, 3.8) is 0 Å². The van der Waals surface area contributed by atoms with Crippen LogP contribution in [0.1, 0.15) is 30.9 Å². The van der Waals surface area contributed by atoms with Gasteiger partial charge < -0.3 is 5.32 Å². The number of rotatable bonds is 3. The minimum absolute atomic E-state index is 0.149. The van der Waals surface area contributed by atoms with E-state index < -0.39 is 0 Å². The van der Waals surface area contributed by atoms with Gasteiger partial charge in [0.15, 0.2) is 0 Å². The van der Waals surface area contributed by atoms with Crippen molar-refractivity contribution in [2.24, 2.45) is 0 Å². The summed E-state index contributed by atoms with van der Waals surface area (Å²) >= 11 is 0. The summed E-state index contributed by atoms with van der Waals surface area (Å²) in [6.45, 7) is 4.95. The largest absolute Gasteiger partial charge is 0.316 e. The highest BCUT2D eigenvalue weighted by Gasteiger charge is 2.06. The summed E-state index contributed by atoms with van der Waals surface area (Å²) in [6.07, 6.45) is 0. The van der Waals surface area contributed by atoms with Gasteiger partial charge in [-0.05, 0) is 36.2 Å². The van der Waals surface area contributed by atoms with Crippen LogP contribution in [0, 0.1) is 5.82 Å². The molecule has 0 spiro atoms. The number of hydrogen-bond acceptors (Lipinski definition) is 1. The van der Waals surface area contributed by atoms with Gasteiger partial charge in [0, 0.05) is 6.54 Å². The highest BCUT2D eigenvalue weighted by Crippen LogP contribution is 2.20. The zero-order valence-electron chi connectivity index (χ0n) is 8.39. The van der Waals surface area contributed by atoms with E-state index in [0.717, 1.165) is 12.1 Å². The maximum absolute atomic E-state index is 12.9. The summed E-state index contributed by atoms with van der Waals surface area (Å²) < 4.78 is 12.9. The molecule has 0 aromatic heterocycles. The van der Waals surface area contributed by atoms with Crippen molar-refractivity contribution < 1.29 is 4.39 Å². The summed E-state index contributed by atoms with van der Waals surface area (Å²) in [5.41, 5.74) is 2.27. The van der Waals surface area contributed by atoms with E-state index in [0.29, 0.717) is 5.92 Å². The second-order valence-electron chi connectivity index (χ2n) is 3.53. The van der Waals surface area contributed by atoms with Gasteiger partial charge in [0.25, 0.3) is 0 Å². The SMILES string of the molecule is CNCc1ccc(F)cc1C(C)C. The molecule has 0 unspecified atom stereocenters. The van der Waals surface area contributed by atoms with Crippen LogP contribution in [-0.2, 0) is 6.54 Å². The topological polar surface area (TPSA) is 12.0 Å². The maximum Gasteiger partial charge on any atom is 0.123 e. The third-order valence-electron chi connectivity index (χ3n) is 2.10. The quantitative estimate of drug-likeness (QED) is 0.756. The molecule has 0 aliphatic heterocycles. The van der Waals surface area contributed by atoms with E-state index >= 15 is 0 Å². The lowest BCUT2D eigenvalue weighted by molar-refractivity contribution is 0.620. The Bertz CT molecular complexity index is 281. The van der Waals surface area contributed by atoms with Crippen molar-refractivity contribution in [1.29, 1.82) is 0 Å². The second-order valence-corrected chi connectivity index (χ2v) is 3.53. The minimum Gasteiger partial charge on any atom is -0.316 e. The Morgan fingerprint density at radius 3 is 2.62 bits per heavy atom. The van der Waals surface area contributed by atoms with Crippen LogP contribution in [0.15, 0.2) is 18.2 Å². The lowest BCUT2D eigenvalue weighted by Gasteiger charge is -2.12. The first-order valence-corrected chi connectivity index (χ1v) is 4.58. The van der Waals surface area contributed by atoms with E-state index in [-0.39, 0.29) is 5.82 Å². The van der Waals surface area contributed by atoms with Crippen LogP contribution in [0.3, 0.4) is 0 Å². The third kappa shape index (κ3) is 2.52. The molecule has 0 aliphatic rings. The number of halogens is 1. The Labute approximate surface area is 79.0 Å².